The van der Waals surface area contributed by atoms with Crippen LogP contribution in [0.4, 0.5) is 0 Å². The molecule has 1 rings (SSSR count). The maximum Gasteiger partial charge on any atom is 0.330 e. The first-order valence-electron chi connectivity index (χ1n) is 16.1. The Morgan fingerprint density at radius 1 is 0.575 bits per heavy atom. The first-order valence-corrected chi connectivity index (χ1v) is 16.1. The van der Waals surface area contributed by atoms with E-state index in [4.69, 9.17) is 23.7 Å². The number of ether oxygens (including phenoxy) is 5. The first-order chi connectivity index (χ1) is 19.6. The van der Waals surface area contributed by atoms with Crippen LogP contribution in [0.1, 0.15) is 136 Å². The number of esters is 1. The smallest absolute Gasteiger partial charge is 0.330 e. The predicted octanol–water partition coefficient (Wildman–Crippen LogP) is 9.71. The van der Waals surface area contributed by atoms with Crippen molar-refractivity contribution < 1.29 is 28.5 Å². The lowest BCUT2D eigenvalue weighted by atomic mass is 10.1. The highest BCUT2D eigenvalue weighted by molar-refractivity contribution is 5.88. The second-order valence-corrected chi connectivity index (χ2v) is 10.4. The molecule has 1 aromatic carbocycles. The molecule has 0 bridgehead atoms. The molecule has 230 valence electrons. The largest absolute Gasteiger partial charge is 0.490 e. The third-order valence-corrected chi connectivity index (χ3v) is 6.77. The Morgan fingerprint density at radius 2 is 1.00 bits per heavy atom. The van der Waals surface area contributed by atoms with Crippen molar-refractivity contribution in [2.24, 2.45) is 0 Å². The molecule has 0 aromatic heterocycles. The molecule has 40 heavy (non-hydrogen) atoms. The highest BCUT2D eigenvalue weighted by atomic mass is 16.6. The summed E-state index contributed by atoms with van der Waals surface area (Å²) in [4.78, 5) is 12.0. The summed E-state index contributed by atoms with van der Waals surface area (Å²) in [6.45, 7) is 11.1. The molecule has 1 aromatic rings. The number of rotatable bonds is 26. The van der Waals surface area contributed by atoms with Crippen LogP contribution in [0.2, 0.25) is 0 Å². The number of carbonyl (C=O) groups excluding carboxylic acids is 1. The maximum absolute atomic E-state index is 12.0. The molecule has 0 amide bonds. The molecule has 0 aliphatic heterocycles. The monoisotopic (exact) mass is 562 g/mol. The highest BCUT2D eigenvalue weighted by Crippen LogP contribution is 2.48. The minimum Gasteiger partial charge on any atom is -0.490 e. The lowest BCUT2D eigenvalue weighted by Crippen LogP contribution is -2.10. The van der Waals surface area contributed by atoms with Crippen LogP contribution in [0.25, 0.3) is 6.08 Å². The predicted molar refractivity (Wildman–Crippen MR) is 166 cm³/mol. The zero-order valence-corrected chi connectivity index (χ0v) is 26.3. The third-order valence-electron chi connectivity index (χ3n) is 6.77. The summed E-state index contributed by atoms with van der Waals surface area (Å²) in [5.41, 5.74) is 0.728. The number of unbranched alkanes of at least 4 members (excludes halogenated alkanes) is 12. The van der Waals surface area contributed by atoms with Crippen LogP contribution in [-0.4, -0.2) is 39.5 Å². The molecular formula is C34H58O6. The van der Waals surface area contributed by atoms with Gasteiger partial charge < -0.3 is 23.7 Å². The van der Waals surface area contributed by atoms with Gasteiger partial charge in [-0.1, -0.05) is 105 Å². The number of hydrogen-bond donors (Lipinski definition) is 0. The summed E-state index contributed by atoms with van der Waals surface area (Å²) in [5, 5.41) is 0. The molecular weight excluding hydrogens is 504 g/mol. The van der Waals surface area contributed by atoms with Crippen molar-refractivity contribution in [3.05, 3.63) is 17.7 Å². The quantitative estimate of drug-likeness (QED) is 0.0636. The maximum atomic E-state index is 12.0. The summed E-state index contributed by atoms with van der Waals surface area (Å²) in [7, 11) is 1.38. The normalized spacial score (nSPS) is 11.1. The molecule has 6 nitrogen and oxygen atoms in total. The van der Waals surface area contributed by atoms with Gasteiger partial charge in [-0.25, -0.2) is 4.79 Å². The summed E-state index contributed by atoms with van der Waals surface area (Å²) >= 11 is 0. The van der Waals surface area contributed by atoms with E-state index in [0.29, 0.717) is 49.4 Å². The number of benzene rings is 1. The summed E-state index contributed by atoms with van der Waals surface area (Å²) < 4.78 is 30.4. The SMILES string of the molecule is CCCCCCOc1cc(C=CC(=O)OC)c(OCCCCCC)c(OCCCCCC)c1OCCCCCC. The summed E-state index contributed by atoms with van der Waals surface area (Å²) in [6, 6.07) is 1.92. The molecule has 0 fully saturated rings. The van der Waals surface area contributed by atoms with E-state index in [9.17, 15) is 4.79 Å². The summed E-state index contributed by atoms with van der Waals surface area (Å²) in [6.07, 6.45) is 20.9. The van der Waals surface area contributed by atoms with Crippen molar-refractivity contribution >= 4 is 12.0 Å². The average Bonchev–Trinajstić information content (AvgIpc) is 2.96. The summed E-state index contributed by atoms with van der Waals surface area (Å²) in [5.74, 6) is 2.01. The van der Waals surface area contributed by atoms with Gasteiger partial charge in [0.15, 0.2) is 11.5 Å². The average molecular weight is 563 g/mol. The van der Waals surface area contributed by atoms with Crippen LogP contribution in [-0.2, 0) is 9.53 Å². The van der Waals surface area contributed by atoms with E-state index in [-0.39, 0.29) is 0 Å². The Morgan fingerprint density at radius 3 is 1.45 bits per heavy atom. The van der Waals surface area contributed by atoms with Gasteiger partial charge in [-0.05, 0) is 37.8 Å². The molecule has 0 radical (unpaired) electrons. The standard InChI is InChI=1S/C34H58O6/c1-6-10-14-18-24-37-30-28-29(22-23-31(35)36-5)32(38-25-19-15-11-7-2)34(40-27-21-17-13-9-4)33(30)39-26-20-16-12-8-3/h22-23,28H,6-21,24-27H2,1-5H3. The molecule has 0 atom stereocenters. The fourth-order valence-electron chi connectivity index (χ4n) is 4.31. The fourth-order valence-corrected chi connectivity index (χ4v) is 4.31. The van der Waals surface area contributed by atoms with Gasteiger partial charge >= 0.3 is 5.97 Å². The van der Waals surface area contributed by atoms with Gasteiger partial charge in [0.2, 0.25) is 11.5 Å². The van der Waals surface area contributed by atoms with Crippen LogP contribution in [0.15, 0.2) is 12.1 Å². The van der Waals surface area contributed by atoms with Crippen molar-refractivity contribution in [1.29, 1.82) is 0 Å². The Bertz CT molecular complexity index is 804. The molecule has 0 aliphatic rings. The second-order valence-electron chi connectivity index (χ2n) is 10.4. The number of carbonyl (C=O) groups is 1. The van der Waals surface area contributed by atoms with Gasteiger partial charge in [-0.15, -0.1) is 0 Å². The van der Waals surface area contributed by atoms with Gasteiger partial charge in [0.05, 0.1) is 33.5 Å². The Hall–Kier alpha value is -2.37. The van der Waals surface area contributed by atoms with E-state index in [1.807, 2.05) is 6.07 Å². The molecule has 0 heterocycles. The second kappa shape index (κ2) is 24.4. The Balaban J connectivity index is 3.44. The van der Waals surface area contributed by atoms with Crippen molar-refractivity contribution in [2.75, 3.05) is 33.5 Å². The molecule has 0 N–H and O–H groups in total. The first kappa shape index (κ1) is 35.7. The van der Waals surface area contributed by atoms with Gasteiger partial charge in [-0.2, -0.15) is 0 Å². The number of methoxy groups -OCH3 is 1. The van der Waals surface area contributed by atoms with E-state index in [1.54, 1.807) is 6.08 Å². The zero-order valence-electron chi connectivity index (χ0n) is 26.3. The molecule has 0 unspecified atom stereocenters. The topological polar surface area (TPSA) is 63.2 Å². The van der Waals surface area contributed by atoms with Gasteiger partial charge in [-0.3, -0.25) is 0 Å². The van der Waals surface area contributed by atoms with E-state index in [0.717, 1.165) is 56.9 Å². The highest BCUT2D eigenvalue weighted by Gasteiger charge is 2.23. The number of hydrogen-bond acceptors (Lipinski definition) is 6. The van der Waals surface area contributed by atoms with Gasteiger partial charge in [0.25, 0.3) is 0 Å². The van der Waals surface area contributed by atoms with Crippen LogP contribution >= 0.6 is 0 Å². The Labute approximate surface area is 245 Å². The molecule has 0 spiro atoms. The molecule has 0 aliphatic carbocycles. The van der Waals surface area contributed by atoms with E-state index < -0.39 is 5.97 Å². The van der Waals surface area contributed by atoms with Crippen molar-refractivity contribution in [3.8, 4) is 23.0 Å². The molecule has 6 heteroatoms. The van der Waals surface area contributed by atoms with E-state index >= 15 is 0 Å². The van der Waals surface area contributed by atoms with Crippen molar-refractivity contribution in [3.63, 3.8) is 0 Å². The van der Waals surface area contributed by atoms with Crippen LogP contribution in [0.5, 0.6) is 23.0 Å². The van der Waals surface area contributed by atoms with E-state index in [2.05, 4.69) is 27.7 Å². The van der Waals surface area contributed by atoms with Crippen LogP contribution in [0, 0.1) is 0 Å². The third kappa shape index (κ3) is 15.4. The van der Waals surface area contributed by atoms with E-state index in [1.165, 1.54) is 64.6 Å². The fraction of sp³-hybridized carbons (Fsp3) is 0.735. The minimum atomic E-state index is -0.422. The lowest BCUT2D eigenvalue weighted by molar-refractivity contribution is -0.134. The van der Waals surface area contributed by atoms with Crippen molar-refractivity contribution in [1.82, 2.24) is 0 Å². The zero-order chi connectivity index (χ0) is 29.3. The van der Waals surface area contributed by atoms with Gasteiger partial charge in [0.1, 0.15) is 0 Å². The molecule has 0 saturated carbocycles. The van der Waals surface area contributed by atoms with Crippen LogP contribution in [0.3, 0.4) is 0 Å². The molecule has 0 saturated heterocycles. The van der Waals surface area contributed by atoms with Crippen LogP contribution < -0.4 is 18.9 Å². The lowest BCUT2D eigenvalue weighted by Gasteiger charge is -2.22. The minimum absolute atomic E-state index is 0.422. The van der Waals surface area contributed by atoms with Crippen molar-refractivity contribution in [2.45, 2.75) is 130 Å². The van der Waals surface area contributed by atoms with Gasteiger partial charge in [0, 0.05) is 11.6 Å². The Kier molecular flexibility index (Phi) is 21.8.